The molecule has 2 N–H and O–H groups in total. The molecule has 4 nitrogen and oxygen atoms in total. The van der Waals surface area contributed by atoms with Gasteiger partial charge in [-0.3, -0.25) is 4.79 Å². The summed E-state index contributed by atoms with van der Waals surface area (Å²) in [5.41, 5.74) is 0.812. The van der Waals surface area contributed by atoms with Crippen molar-refractivity contribution in [2.75, 3.05) is 7.11 Å². The fourth-order valence-electron chi connectivity index (χ4n) is 1.90. The summed E-state index contributed by atoms with van der Waals surface area (Å²) in [7, 11) is 1.59. The summed E-state index contributed by atoms with van der Waals surface area (Å²) >= 11 is 13.3. The molecule has 2 aromatic rings. The van der Waals surface area contributed by atoms with Crippen molar-refractivity contribution in [2.45, 2.75) is 10.1 Å². The fraction of sp³-hybridized carbons (Fsp3) is 0.125. The highest BCUT2D eigenvalue weighted by Gasteiger charge is 2.21. The lowest BCUT2D eigenvalue weighted by atomic mass is 10.1. The zero-order chi connectivity index (χ0) is 16.8. The van der Waals surface area contributed by atoms with Crippen LogP contribution in [0.4, 0.5) is 0 Å². The third-order valence-electron chi connectivity index (χ3n) is 3.02. The molecule has 0 aromatic heterocycles. The van der Waals surface area contributed by atoms with E-state index in [9.17, 15) is 4.79 Å². The van der Waals surface area contributed by atoms with Crippen molar-refractivity contribution in [3.05, 3.63) is 58.1 Å². The summed E-state index contributed by atoms with van der Waals surface area (Å²) in [6, 6.07) is 12.5. The largest absolute Gasteiger partial charge is 0.497 e. The van der Waals surface area contributed by atoms with E-state index < -0.39 is 5.25 Å². The number of nitrogens with zero attached hydrogens (tertiary/aromatic N) is 1. The van der Waals surface area contributed by atoms with Gasteiger partial charge in [0.15, 0.2) is 5.78 Å². The Labute approximate surface area is 148 Å². The van der Waals surface area contributed by atoms with Gasteiger partial charge < -0.3 is 10.6 Å². The van der Waals surface area contributed by atoms with Crippen molar-refractivity contribution in [2.24, 2.45) is 10.9 Å². The van der Waals surface area contributed by atoms with E-state index in [1.807, 2.05) is 18.2 Å². The number of carbonyl (C=O) groups is 1. The van der Waals surface area contributed by atoms with Crippen LogP contribution in [0.2, 0.25) is 10.0 Å². The lowest BCUT2D eigenvalue weighted by Crippen LogP contribution is -2.11. The second-order valence-electron chi connectivity index (χ2n) is 4.53. The molecule has 0 bridgehead atoms. The van der Waals surface area contributed by atoms with Gasteiger partial charge in [-0.15, -0.1) is 11.8 Å². The van der Waals surface area contributed by atoms with Gasteiger partial charge in [0.05, 0.1) is 28.6 Å². The topological polar surface area (TPSA) is 64.7 Å². The Bertz CT molecular complexity index is 721. The smallest absolute Gasteiger partial charge is 0.193 e. The van der Waals surface area contributed by atoms with E-state index in [1.54, 1.807) is 31.4 Å². The molecular formula is C16H14Cl2N2O2S. The maximum atomic E-state index is 12.3. The van der Waals surface area contributed by atoms with Crippen LogP contribution in [-0.4, -0.2) is 19.1 Å². The summed E-state index contributed by atoms with van der Waals surface area (Å²) in [5.74, 6) is 5.61. The van der Waals surface area contributed by atoms with Gasteiger partial charge in [0.25, 0.3) is 0 Å². The Morgan fingerprint density at radius 1 is 1.22 bits per heavy atom. The first-order chi connectivity index (χ1) is 11.0. The van der Waals surface area contributed by atoms with Crippen molar-refractivity contribution >= 4 is 47.0 Å². The van der Waals surface area contributed by atoms with Gasteiger partial charge in [0.1, 0.15) is 5.75 Å². The zero-order valence-corrected chi connectivity index (χ0v) is 14.5. The third kappa shape index (κ3) is 4.64. The molecular weight excluding hydrogens is 355 g/mol. The molecule has 0 amide bonds. The minimum Gasteiger partial charge on any atom is -0.497 e. The van der Waals surface area contributed by atoms with Gasteiger partial charge in [-0.25, -0.2) is 0 Å². The van der Waals surface area contributed by atoms with E-state index in [4.69, 9.17) is 33.8 Å². The quantitative estimate of drug-likeness (QED) is 0.356. The number of ketones is 1. The maximum Gasteiger partial charge on any atom is 0.193 e. The Morgan fingerprint density at radius 2 is 1.91 bits per heavy atom. The first-order valence-corrected chi connectivity index (χ1v) is 8.21. The number of hydrazone groups is 1. The van der Waals surface area contributed by atoms with Gasteiger partial charge in [0.2, 0.25) is 0 Å². The highest BCUT2D eigenvalue weighted by molar-refractivity contribution is 8.00. The number of carbonyl (C=O) groups excluding carboxylic acids is 1. The molecule has 0 saturated heterocycles. The van der Waals surface area contributed by atoms with Gasteiger partial charge in [-0.1, -0.05) is 35.3 Å². The van der Waals surface area contributed by atoms with Gasteiger partial charge >= 0.3 is 0 Å². The first kappa shape index (κ1) is 17.7. The Balaban J connectivity index is 2.32. The van der Waals surface area contributed by atoms with Gasteiger partial charge in [0, 0.05) is 4.90 Å². The van der Waals surface area contributed by atoms with Crippen LogP contribution in [0.1, 0.15) is 10.8 Å². The number of hydrogen-bond acceptors (Lipinski definition) is 5. The number of rotatable bonds is 6. The molecule has 0 aliphatic carbocycles. The SMILES string of the molecule is COc1ccc(C(Sc2ccc(Cl)c(Cl)c2)C(=O)C=NN)cc1. The minimum absolute atomic E-state index is 0.214. The Morgan fingerprint density at radius 3 is 2.48 bits per heavy atom. The Hall–Kier alpha value is -1.69. The predicted molar refractivity (Wildman–Crippen MR) is 95.7 cm³/mol. The average Bonchev–Trinajstić information content (AvgIpc) is 2.56. The number of hydrogen-bond donors (Lipinski definition) is 1. The maximum absolute atomic E-state index is 12.3. The fourth-order valence-corrected chi connectivity index (χ4v) is 3.33. The summed E-state index contributed by atoms with van der Waals surface area (Å²) in [6.07, 6.45) is 1.11. The lowest BCUT2D eigenvalue weighted by Gasteiger charge is -2.15. The normalized spacial score (nSPS) is 12.3. The molecule has 2 rings (SSSR count). The highest BCUT2D eigenvalue weighted by atomic mass is 35.5. The molecule has 0 aliphatic heterocycles. The van der Waals surface area contributed by atoms with Crippen LogP contribution in [-0.2, 0) is 4.79 Å². The summed E-state index contributed by atoms with van der Waals surface area (Å²) in [5, 5.41) is 3.73. The van der Waals surface area contributed by atoms with Crippen molar-refractivity contribution in [3.8, 4) is 5.75 Å². The number of halogens is 2. The molecule has 0 fully saturated rings. The molecule has 23 heavy (non-hydrogen) atoms. The molecule has 1 atom stereocenters. The lowest BCUT2D eigenvalue weighted by molar-refractivity contribution is -0.112. The zero-order valence-electron chi connectivity index (χ0n) is 12.2. The van der Waals surface area contributed by atoms with Crippen LogP contribution in [0, 0.1) is 0 Å². The molecule has 1 unspecified atom stereocenters. The van der Waals surface area contributed by atoms with Crippen molar-refractivity contribution in [1.29, 1.82) is 0 Å². The summed E-state index contributed by atoms with van der Waals surface area (Å²) in [4.78, 5) is 13.1. The highest BCUT2D eigenvalue weighted by Crippen LogP contribution is 2.38. The molecule has 120 valence electrons. The van der Waals surface area contributed by atoms with Crippen LogP contribution in [0.5, 0.6) is 5.75 Å². The summed E-state index contributed by atoms with van der Waals surface area (Å²) in [6.45, 7) is 0. The number of methoxy groups -OCH3 is 1. The van der Waals surface area contributed by atoms with Crippen LogP contribution < -0.4 is 10.6 Å². The number of ether oxygens (including phenoxy) is 1. The third-order valence-corrected chi connectivity index (χ3v) is 5.03. The van der Waals surface area contributed by atoms with Gasteiger partial charge in [-0.05, 0) is 35.9 Å². The number of nitrogens with two attached hydrogens (primary N) is 1. The second-order valence-corrected chi connectivity index (χ2v) is 6.52. The van der Waals surface area contributed by atoms with Crippen LogP contribution in [0.25, 0.3) is 0 Å². The minimum atomic E-state index is -0.495. The van der Waals surface area contributed by atoms with E-state index in [2.05, 4.69) is 5.10 Å². The molecule has 0 saturated carbocycles. The van der Waals surface area contributed by atoms with Gasteiger partial charge in [-0.2, -0.15) is 5.10 Å². The van der Waals surface area contributed by atoms with Crippen LogP contribution >= 0.6 is 35.0 Å². The number of thioether (sulfide) groups is 1. The number of Topliss-reactive ketones (excluding diaryl/α,β-unsaturated/α-hetero) is 1. The molecule has 0 radical (unpaired) electrons. The van der Waals surface area contributed by atoms with Crippen molar-refractivity contribution in [3.63, 3.8) is 0 Å². The molecule has 2 aromatic carbocycles. The standard InChI is InChI=1S/C16H14Cl2N2O2S/c1-22-11-4-2-10(3-5-11)16(15(21)9-20-19)23-12-6-7-13(17)14(18)8-12/h2-9,16H,19H2,1H3. The van der Waals surface area contributed by atoms with E-state index in [-0.39, 0.29) is 5.78 Å². The van der Waals surface area contributed by atoms with E-state index in [0.717, 1.165) is 16.7 Å². The van der Waals surface area contributed by atoms with Crippen LogP contribution in [0.15, 0.2) is 52.5 Å². The van der Waals surface area contributed by atoms with E-state index in [1.165, 1.54) is 11.8 Å². The monoisotopic (exact) mass is 368 g/mol. The van der Waals surface area contributed by atoms with E-state index in [0.29, 0.717) is 15.8 Å². The molecule has 0 spiro atoms. The average molecular weight is 369 g/mol. The second kappa shape index (κ2) is 8.24. The van der Waals surface area contributed by atoms with Crippen molar-refractivity contribution < 1.29 is 9.53 Å². The molecule has 0 aliphatic rings. The number of benzene rings is 2. The first-order valence-electron chi connectivity index (χ1n) is 6.58. The predicted octanol–water partition coefficient (Wildman–Crippen LogP) is 4.35. The molecule has 7 heteroatoms. The molecule has 0 heterocycles. The Kier molecular flexibility index (Phi) is 6.33. The van der Waals surface area contributed by atoms with Crippen molar-refractivity contribution in [1.82, 2.24) is 0 Å². The summed E-state index contributed by atoms with van der Waals surface area (Å²) < 4.78 is 5.13. The van der Waals surface area contributed by atoms with Crippen LogP contribution in [0.3, 0.4) is 0 Å². The van der Waals surface area contributed by atoms with E-state index >= 15 is 0 Å².